The molecule has 2 aliphatic rings. The highest BCUT2D eigenvalue weighted by Gasteiger charge is 2.46. The van der Waals surface area contributed by atoms with Crippen molar-refractivity contribution < 1.29 is 23.5 Å². The van der Waals surface area contributed by atoms with Crippen LogP contribution in [0.2, 0.25) is 0 Å². The Hall–Kier alpha value is -4.85. The average Bonchev–Trinajstić information content (AvgIpc) is 3.05. The maximum Gasteiger partial charge on any atom is 0.259 e. The second-order valence-corrected chi connectivity index (χ2v) is 10.4. The summed E-state index contributed by atoms with van der Waals surface area (Å²) in [6.07, 6.45) is 0. The van der Waals surface area contributed by atoms with Gasteiger partial charge < -0.3 is 19.3 Å². The summed E-state index contributed by atoms with van der Waals surface area (Å²) in [5, 5.41) is 0. The molecule has 42 heavy (non-hydrogen) atoms. The summed E-state index contributed by atoms with van der Waals surface area (Å²) >= 11 is 0. The molecule has 0 spiro atoms. The number of amides is 2. The molecule has 4 aromatic rings. The summed E-state index contributed by atoms with van der Waals surface area (Å²) in [7, 11) is 3.20. The highest BCUT2D eigenvalue weighted by molar-refractivity contribution is 6.11. The van der Waals surface area contributed by atoms with E-state index in [0.29, 0.717) is 60.2 Å². The Balaban J connectivity index is 1.41. The van der Waals surface area contributed by atoms with Crippen LogP contribution in [0.15, 0.2) is 97.1 Å². The number of nitrogens with zero attached hydrogens (tertiary/aromatic N) is 3. The number of carbonyl (C=O) groups excluding carboxylic acids is 2. The fourth-order valence-electron chi connectivity index (χ4n) is 6.04. The number of fused-ring (bicyclic) bond motifs is 1. The van der Waals surface area contributed by atoms with Gasteiger partial charge in [0.1, 0.15) is 17.3 Å². The molecule has 2 atom stereocenters. The molecule has 0 saturated carbocycles. The van der Waals surface area contributed by atoms with Crippen molar-refractivity contribution >= 4 is 23.2 Å². The van der Waals surface area contributed by atoms with E-state index in [0.717, 1.165) is 5.56 Å². The van der Waals surface area contributed by atoms with Gasteiger partial charge in [-0.15, -0.1) is 0 Å². The molecule has 6 rings (SSSR count). The number of piperazine rings is 1. The van der Waals surface area contributed by atoms with E-state index in [2.05, 4.69) is 0 Å². The maximum absolute atomic E-state index is 14.6. The van der Waals surface area contributed by atoms with Gasteiger partial charge in [-0.1, -0.05) is 42.5 Å². The lowest BCUT2D eigenvalue weighted by Gasteiger charge is -2.44. The molecule has 0 N–H and O–H groups in total. The second-order valence-electron chi connectivity index (χ2n) is 10.4. The summed E-state index contributed by atoms with van der Waals surface area (Å²) < 4.78 is 25.2. The fourth-order valence-corrected chi connectivity index (χ4v) is 6.04. The van der Waals surface area contributed by atoms with Gasteiger partial charge in [-0.25, -0.2) is 4.39 Å². The largest absolute Gasteiger partial charge is 0.497 e. The molecule has 4 aromatic carbocycles. The Bertz CT molecular complexity index is 1580. The van der Waals surface area contributed by atoms with Crippen molar-refractivity contribution in [3.8, 4) is 11.5 Å². The van der Waals surface area contributed by atoms with E-state index in [4.69, 9.17) is 9.47 Å². The first-order valence-corrected chi connectivity index (χ1v) is 14.0. The van der Waals surface area contributed by atoms with Crippen molar-refractivity contribution in [2.45, 2.75) is 12.0 Å². The zero-order valence-corrected chi connectivity index (χ0v) is 23.6. The van der Waals surface area contributed by atoms with Crippen LogP contribution in [-0.4, -0.2) is 57.1 Å². The van der Waals surface area contributed by atoms with Crippen LogP contribution >= 0.6 is 0 Å². The summed E-state index contributed by atoms with van der Waals surface area (Å²) in [6, 6.07) is 28.3. The fraction of sp³-hybridized carbons (Fsp3) is 0.235. The number of anilines is 2. The Morgan fingerprint density at radius 3 is 2.00 bits per heavy atom. The van der Waals surface area contributed by atoms with Gasteiger partial charge in [0.2, 0.25) is 5.91 Å². The van der Waals surface area contributed by atoms with E-state index < -0.39 is 12.0 Å². The minimum atomic E-state index is -0.658. The van der Waals surface area contributed by atoms with Crippen LogP contribution in [0.3, 0.4) is 0 Å². The summed E-state index contributed by atoms with van der Waals surface area (Å²) in [6.45, 7) is 1.90. The van der Waals surface area contributed by atoms with Gasteiger partial charge in [0.25, 0.3) is 5.91 Å². The molecule has 1 fully saturated rings. The SMILES string of the molecule is COc1ccc(C2C(C(=O)N3CCN(c4ccccc4F)CC3)c3ccccc3C(=O)N2c2ccc(OC)cc2)cc1. The highest BCUT2D eigenvalue weighted by Crippen LogP contribution is 2.46. The molecule has 7 nitrogen and oxygen atoms in total. The van der Waals surface area contributed by atoms with E-state index in [1.54, 1.807) is 37.3 Å². The van der Waals surface area contributed by atoms with Gasteiger partial charge in [0, 0.05) is 37.4 Å². The first-order valence-electron chi connectivity index (χ1n) is 14.0. The third kappa shape index (κ3) is 4.93. The lowest BCUT2D eigenvalue weighted by atomic mass is 9.78. The third-order valence-electron chi connectivity index (χ3n) is 8.20. The molecular formula is C34H32FN3O4. The third-order valence-corrected chi connectivity index (χ3v) is 8.20. The quantitative estimate of drug-likeness (QED) is 0.301. The summed E-state index contributed by atoms with van der Waals surface area (Å²) in [4.78, 5) is 34.3. The smallest absolute Gasteiger partial charge is 0.259 e. The molecule has 1 saturated heterocycles. The maximum atomic E-state index is 14.6. The number of hydrogen-bond acceptors (Lipinski definition) is 5. The molecule has 0 bridgehead atoms. The number of benzene rings is 4. The monoisotopic (exact) mass is 565 g/mol. The minimum absolute atomic E-state index is 0.0672. The first-order chi connectivity index (χ1) is 20.5. The molecule has 0 aliphatic carbocycles. The Morgan fingerprint density at radius 2 is 1.36 bits per heavy atom. The van der Waals surface area contributed by atoms with Gasteiger partial charge in [-0.05, 0) is 65.7 Å². The molecule has 2 unspecified atom stereocenters. The van der Waals surface area contributed by atoms with E-state index >= 15 is 0 Å². The zero-order chi connectivity index (χ0) is 29.2. The molecule has 2 aliphatic heterocycles. The second kappa shape index (κ2) is 11.6. The van der Waals surface area contributed by atoms with E-state index in [9.17, 15) is 14.0 Å². The van der Waals surface area contributed by atoms with Crippen molar-refractivity contribution in [3.05, 3.63) is 120 Å². The predicted molar refractivity (Wildman–Crippen MR) is 160 cm³/mol. The first kappa shape index (κ1) is 27.3. The normalized spacial score (nSPS) is 18.5. The number of ether oxygens (including phenoxy) is 2. The molecule has 2 heterocycles. The van der Waals surface area contributed by atoms with Gasteiger partial charge in [-0.2, -0.15) is 0 Å². The Labute approximate surface area is 244 Å². The Kier molecular flexibility index (Phi) is 7.52. The summed E-state index contributed by atoms with van der Waals surface area (Å²) in [5.74, 6) is 0.183. The van der Waals surface area contributed by atoms with Crippen LogP contribution in [0.1, 0.15) is 33.4 Å². The van der Waals surface area contributed by atoms with Gasteiger partial charge >= 0.3 is 0 Å². The number of carbonyl (C=O) groups is 2. The van der Waals surface area contributed by atoms with Crippen LogP contribution in [-0.2, 0) is 4.79 Å². The van der Waals surface area contributed by atoms with E-state index in [-0.39, 0.29) is 17.6 Å². The van der Waals surface area contributed by atoms with Crippen LogP contribution in [0.5, 0.6) is 11.5 Å². The highest BCUT2D eigenvalue weighted by atomic mass is 19.1. The molecular weight excluding hydrogens is 533 g/mol. The molecule has 0 radical (unpaired) electrons. The van der Waals surface area contributed by atoms with Crippen molar-refractivity contribution in [2.24, 2.45) is 0 Å². The number of hydrogen-bond donors (Lipinski definition) is 0. The molecule has 8 heteroatoms. The average molecular weight is 566 g/mol. The van der Waals surface area contributed by atoms with E-state index in [1.165, 1.54) is 6.07 Å². The zero-order valence-electron chi connectivity index (χ0n) is 23.6. The van der Waals surface area contributed by atoms with Gasteiger partial charge in [0.15, 0.2) is 0 Å². The van der Waals surface area contributed by atoms with Crippen molar-refractivity contribution in [3.63, 3.8) is 0 Å². The number of halogens is 1. The summed E-state index contributed by atoms with van der Waals surface area (Å²) in [5.41, 5.74) is 3.23. The Morgan fingerprint density at radius 1 is 0.762 bits per heavy atom. The molecule has 0 aromatic heterocycles. The number of rotatable bonds is 6. The van der Waals surface area contributed by atoms with E-state index in [1.807, 2.05) is 82.6 Å². The van der Waals surface area contributed by atoms with Crippen LogP contribution in [0.25, 0.3) is 0 Å². The van der Waals surface area contributed by atoms with Gasteiger partial charge in [0.05, 0.1) is 31.9 Å². The number of para-hydroxylation sites is 1. The van der Waals surface area contributed by atoms with Crippen LogP contribution < -0.4 is 19.3 Å². The lowest BCUT2D eigenvalue weighted by molar-refractivity contribution is -0.133. The van der Waals surface area contributed by atoms with Crippen molar-refractivity contribution in [1.29, 1.82) is 0 Å². The van der Waals surface area contributed by atoms with Crippen molar-refractivity contribution in [2.75, 3.05) is 50.2 Å². The standard InChI is InChI=1S/C34H32FN3O4/c1-41-25-15-11-23(12-16-25)32-31(34(40)37-21-19-36(20-22-37)30-10-6-5-9-29(30)35)27-7-3-4-8-28(27)33(39)38(32)24-13-17-26(42-2)18-14-24/h3-18,31-32H,19-22H2,1-2H3. The van der Waals surface area contributed by atoms with Crippen molar-refractivity contribution in [1.82, 2.24) is 4.90 Å². The van der Waals surface area contributed by atoms with Gasteiger partial charge in [-0.3, -0.25) is 14.5 Å². The lowest BCUT2D eigenvalue weighted by Crippen LogP contribution is -2.53. The minimum Gasteiger partial charge on any atom is -0.497 e. The topological polar surface area (TPSA) is 62.3 Å². The predicted octanol–water partition coefficient (Wildman–Crippen LogP) is 5.68. The van der Waals surface area contributed by atoms with Crippen LogP contribution in [0.4, 0.5) is 15.8 Å². The molecule has 214 valence electrons. The number of methoxy groups -OCH3 is 2. The molecule has 2 amide bonds. The van der Waals surface area contributed by atoms with Crippen LogP contribution in [0, 0.1) is 5.82 Å².